The number of aryl methyl sites for hydroxylation is 4. The van der Waals surface area contributed by atoms with E-state index in [1.165, 1.54) is 7.11 Å². The maximum Gasteiger partial charge on any atom is 1.00 e. The molecule has 0 aliphatic carbocycles. The van der Waals surface area contributed by atoms with Gasteiger partial charge in [0, 0.05) is 18.2 Å². The van der Waals surface area contributed by atoms with Gasteiger partial charge in [0.1, 0.15) is 23.8 Å². The van der Waals surface area contributed by atoms with Gasteiger partial charge >= 0.3 is 41.5 Å². The molecule has 6 rings (SSSR count). The van der Waals surface area contributed by atoms with Crippen LogP contribution in [0.4, 0.5) is 0 Å². The SMILES string of the molecule is CO.COC(=O)c1cc(-c2[nH]c(C3(C)COC3)nc2C#N)c(C)cc1C.Cc1cc(C)c(-c2[nH]c(C3(C)COC3)nc2C#N)cc1C(=O)O.[Na+].[OH-]. The average Bonchev–Trinajstić information content (AvgIpc) is 3.68. The second kappa shape index (κ2) is 17.2. The van der Waals surface area contributed by atoms with E-state index in [-0.39, 0.29) is 57.1 Å². The number of H-pyrrole nitrogens is 2. The van der Waals surface area contributed by atoms with Crippen molar-refractivity contribution in [1.82, 2.24) is 19.9 Å². The second-order valence-corrected chi connectivity index (χ2v) is 12.7. The number of carbonyl (C=O) groups excluding carboxylic acids is 1. The summed E-state index contributed by atoms with van der Waals surface area (Å²) in [5, 5.41) is 35.2. The Balaban J connectivity index is 0.000000325. The number of methoxy groups -OCH3 is 1. The number of carboxylic acids is 1. The Labute approximate surface area is 318 Å². The number of aliphatic hydroxyl groups is 1. The van der Waals surface area contributed by atoms with Gasteiger partial charge in [-0.15, -0.1) is 0 Å². The molecule has 15 heteroatoms. The van der Waals surface area contributed by atoms with Gasteiger partial charge in [0.25, 0.3) is 0 Å². The summed E-state index contributed by atoms with van der Waals surface area (Å²) in [6, 6.07) is 11.3. The molecule has 4 aromatic rings. The molecule has 51 heavy (non-hydrogen) atoms. The summed E-state index contributed by atoms with van der Waals surface area (Å²) in [7, 11) is 2.35. The van der Waals surface area contributed by atoms with Crippen LogP contribution in [0.3, 0.4) is 0 Å². The van der Waals surface area contributed by atoms with E-state index in [1.54, 1.807) is 19.1 Å². The number of aromatic nitrogens is 4. The number of rotatable bonds is 6. The maximum atomic E-state index is 12.0. The van der Waals surface area contributed by atoms with Crippen molar-refractivity contribution in [2.24, 2.45) is 0 Å². The zero-order valence-electron chi connectivity index (χ0n) is 30.3. The zero-order valence-corrected chi connectivity index (χ0v) is 32.3. The minimum absolute atomic E-state index is 0. The number of nitrogens with zero attached hydrogens (tertiary/aromatic N) is 4. The normalized spacial score (nSPS) is 14.5. The average molecular weight is 709 g/mol. The van der Waals surface area contributed by atoms with E-state index in [9.17, 15) is 25.2 Å². The van der Waals surface area contributed by atoms with Crippen molar-refractivity contribution < 1.29 is 69.0 Å². The van der Waals surface area contributed by atoms with Crippen LogP contribution < -0.4 is 29.6 Å². The number of carboxylic acid groups (broad SMARTS) is 1. The molecule has 4 heterocycles. The molecule has 0 unspecified atom stereocenters. The van der Waals surface area contributed by atoms with Crippen LogP contribution >= 0.6 is 0 Å². The molecular weight excluding hydrogens is 667 g/mol. The van der Waals surface area contributed by atoms with Crippen LogP contribution in [0.2, 0.25) is 0 Å². The third kappa shape index (κ3) is 8.41. The van der Waals surface area contributed by atoms with Gasteiger partial charge in [-0.2, -0.15) is 10.5 Å². The van der Waals surface area contributed by atoms with Crippen molar-refractivity contribution >= 4 is 11.9 Å². The van der Waals surface area contributed by atoms with E-state index in [4.69, 9.17) is 19.3 Å². The summed E-state index contributed by atoms with van der Waals surface area (Å²) < 4.78 is 15.4. The summed E-state index contributed by atoms with van der Waals surface area (Å²) in [4.78, 5) is 38.7. The number of aromatic amines is 2. The van der Waals surface area contributed by atoms with Crippen LogP contribution in [-0.2, 0) is 25.0 Å². The van der Waals surface area contributed by atoms with Crippen LogP contribution in [0.1, 0.15) is 79.9 Å². The molecule has 0 atom stereocenters. The first kappa shape index (κ1) is 42.8. The number of carbonyl (C=O) groups is 2. The molecule has 0 saturated carbocycles. The number of aliphatic hydroxyl groups excluding tert-OH is 1. The molecule has 2 aromatic carbocycles. The van der Waals surface area contributed by atoms with Gasteiger partial charge in [0.2, 0.25) is 0 Å². The second-order valence-electron chi connectivity index (χ2n) is 12.7. The number of benzene rings is 2. The standard InChI is InChI=1S/C18H19N3O3.C17H17N3O3.CH4O.Na.H2O/c1-10-5-11(2)13(16(22)23-4)6-12(10)15-14(7-19)20-17(21-15)18(3)8-24-9-18;1-9-4-10(2)12(15(21)22)5-11(9)14-13(6-18)19-16(20-14)17(3)7-23-8-17;1-2;;/h5-6H,8-9H2,1-4H3,(H,20,21);4-5H,7-8H2,1-3H3,(H,19,20)(H,21,22);2H,1H3;;1H2/q;;;+1;/p-1. The smallest absolute Gasteiger partial charge is 0.870 e. The maximum absolute atomic E-state index is 12.0. The Morgan fingerprint density at radius 3 is 1.45 bits per heavy atom. The van der Waals surface area contributed by atoms with Crippen LogP contribution in [0.15, 0.2) is 24.3 Å². The number of esters is 1. The molecule has 0 bridgehead atoms. The molecule has 264 valence electrons. The van der Waals surface area contributed by atoms with Crippen molar-refractivity contribution in [1.29, 1.82) is 10.5 Å². The van der Waals surface area contributed by atoms with E-state index in [1.807, 2.05) is 46.8 Å². The van der Waals surface area contributed by atoms with Crippen LogP contribution in [-0.4, -0.2) is 88.2 Å². The third-order valence-electron chi connectivity index (χ3n) is 8.76. The summed E-state index contributed by atoms with van der Waals surface area (Å²) in [5.74, 6) is 0.0553. The van der Waals surface area contributed by atoms with Crippen LogP contribution in [0.5, 0.6) is 0 Å². The molecule has 14 nitrogen and oxygen atoms in total. The van der Waals surface area contributed by atoms with Gasteiger partial charge in [0.05, 0.1) is 66.9 Å². The molecular formula is C36H41N6NaO8. The molecule has 0 amide bonds. The van der Waals surface area contributed by atoms with Crippen LogP contribution in [0.25, 0.3) is 22.5 Å². The molecule has 0 radical (unpaired) electrons. The molecule has 2 aliphatic heterocycles. The van der Waals surface area contributed by atoms with Gasteiger partial charge in [-0.3, -0.25) is 0 Å². The fourth-order valence-electron chi connectivity index (χ4n) is 5.76. The Morgan fingerprint density at radius 2 is 1.14 bits per heavy atom. The Hall–Kier alpha value is -4.38. The fraction of sp³-hybridized carbons (Fsp3) is 0.389. The van der Waals surface area contributed by atoms with Crippen molar-refractivity contribution in [3.05, 3.63) is 80.7 Å². The summed E-state index contributed by atoms with van der Waals surface area (Å²) in [6.07, 6.45) is 0. The van der Waals surface area contributed by atoms with E-state index in [0.29, 0.717) is 66.0 Å². The third-order valence-corrected chi connectivity index (χ3v) is 8.76. The molecule has 0 spiro atoms. The predicted molar refractivity (Wildman–Crippen MR) is 181 cm³/mol. The zero-order chi connectivity index (χ0) is 36.3. The molecule has 5 N–H and O–H groups in total. The van der Waals surface area contributed by atoms with E-state index in [2.05, 4.69) is 32.1 Å². The molecule has 2 fully saturated rings. The molecule has 2 aromatic heterocycles. The number of ether oxygens (including phenoxy) is 3. The Morgan fingerprint density at radius 1 is 0.765 bits per heavy atom. The monoisotopic (exact) mass is 708 g/mol. The quantitative estimate of drug-likeness (QED) is 0.165. The molecule has 2 aliphatic rings. The van der Waals surface area contributed by atoms with E-state index in [0.717, 1.165) is 35.2 Å². The number of nitrogens with one attached hydrogen (secondary N) is 2. The number of aromatic carboxylic acids is 1. The first-order valence-electron chi connectivity index (χ1n) is 15.4. The van der Waals surface area contributed by atoms with Gasteiger partial charge in [-0.1, -0.05) is 12.1 Å². The molecule has 2 saturated heterocycles. The summed E-state index contributed by atoms with van der Waals surface area (Å²) in [6.45, 7) is 13.8. The van der Waals surface area contributed by atoms with E-state index >= 15 is 0 Å². The largest absolute Gasteiger partial charge is 1.00 e. The minimum Gasteiger partial charge on any atom is -0.870 e. The van der Waals surface area contributed by atoms with Crippen molar-refractivity contribution in [2.45, 2.75) is 52.4 Å². The summed E-state index contributed by atoms with van der Waals surface area (Å²) in [5.41, 5.74) is 6.92. The summed E-state index contributed by atoms with van der Waals surface area (Å²) >= 11 is 0. The van der Waals surface area contributed by atoms with Crippen molar-refractivity contribution in [3.63, 3.8) is 0 Å². The Bertz CT molecular complexity index is 2000. The van der Waals surface area contributed by atoms with Crippen molar-refractivity contribution in [2.75, 3.05) is 40.6 Å². The first-order chi connectivity index (χ1) is 23.2. The van der Waals surface area contributed by atoms with Crippen LogP contribution in [0, 0.1) is 50.4 Å². The number of imidazole rings is 2. The van der Waals surface area contributed by atoms with Gasteiger partial charge < -0.3 is 39.9 Å². The predicted octanol–water partition coefficient (Wildman–Crippen LogP) is 1.63. The first-order valence-corrected chi connectivity index (χ1v) is 15.4. The van der Waals surface area contributed by atoms with Gasteiger partial charge in [-0.05, 0) is 75.9 Å². The number of hydrogen-bond donors (Lipinski definition) is 4. The minimum atomic E-state index is -0.985. The van der Waals surface area contributed by atoms with E-state index < -0.39 is 11.9 Å². The van der Waals surface area contributed by atoms with Gasteiger partial charge in [-0.25, -0.2) is 19.6 Å². The number of hydrogen-bond acceptors (Lipinski definition) is 11. The topological polar surface area (TPSA) is 237 Å². The fourth-order valence-corrected chi connectivity index (χ4v) is 5.76. The Kier molecular flexibility index (Phi) is 14.4. The van der Waals surface area contributed by atoms with Gasteiger partial charge in [0.15, 0.2) is 11.4 Å². The van der Waals surface area contributed by atoms with Crippen molar-refractivity contribution in [3.8, 4) is 34.7 Å². The number of nitriles is 2.